The van der Waals surface area contributed by atoms with Gasteiger partial charge in [-0.1, -0.05) is 13.8 Å². The molecular formula is C8H18ClNO3S. The van der Waals surface area contributed by atoms with E-state index in [4.69, 9.17) is 16.7 Å². The standard InChI is InChI=1S/C8H18ClNO3S/c1-3-8(11)5-10-14(12,13)6-7(2)4-9/h7-8,10-11H,3-6H2,1-2H3. The maximum atomic E-state index is 11.3. The highest BCUT2D eigenvalue weighted by Crippen LogP contribution is 2.02. The summed E-state index contributed by atoms with van der Waals surface area (Å²) in [5.41, 5.74) is 0. The van der Waals surface area contributed by atoms with Crippen LogP contribution >= 0.6 is 11.6 Å². The average Bonchev–Trinajstić information content (AvgIpc) is 2.13. The van der Waals surface area contributed by atoms with Crippen molar-refractivity contribution in [3.05, 3.63) is 0 Å². The predicted molar refractivity (Wildman–Crippen MR) is 58.0 cm³/mol. The van der Waals surface area contributed by atoms with Crippen molar-refractivity contribution in [1.82, 2.24) is 4.72 Å². The summed E-state index contributed by atoms with van der Waals surface area (Å²) in [4.78, 5) is 0. The van der Waals surface area contributed by atoms with Gasteiger partial charge in [0.1, 0.15) is 0 Å². The molecule has 4 nitrogen and oxygen atoms in total. The van der Waals surface area contributed by atoms with Crippen LogP contribution in [0.4, 0.5) is 0 Å². The smallest absolute Gasteiger partial charge is 0.211 e. The molecule has 6 heteroatoms. The van der Waals surface area contributed by atoms with Crippen LogP contribution in [0.5, 0.6) is 0 Å². The summed E-state index contributed by atoms with van der Waals surface area (Å²) in [6, 6.07) is 0. The van der Waals surface area contributed by atoms with Crippen molar-refractivity contribution in [2.75, 3.05) is 18.2 Å². The van der Waals surface area contributed by atoms with E-state index in [-0.39, 0.29) is 18.2 Å². The predicted octanol–water partition coefficient (Wildman–Crippen LogP) is 0.552. The van der Waals surface area contributed by atoms with Crippen LogP contribution in [0.1, 0.15) is 20.3 Å². The third kappa shape index (κ3) is 6.59. The van der Waals surface area contributed by atoms with Gasteiger partial charge in [0.15, 0.2) is 0 Å². The van der Waals surface area contributed by atoms with E-state index in [1.54, 1.807) is 13.8 Å². The van der Waals surface area contributed by atoms with Gasteiger partial charge in [-0.25, -0.2) is 13.1 Å². The Balaban J connectivity index is 3.96. The molecule has 0 aliphatic heterocycles. The minimum atomic E-state index is -3.29. The summed E-state index contributed by atoms with van der Waals surface area (Å²) in [6.45, 7) is 3.64. The lowest BCUT2D eigenvalue weighted by molar-refractivity contribution is 0.174. The highest BCUT2D eigenvalue weighted by atomic mass is 35.5. The minimum Gasteiger partial charge on any atom is -0.392 e. The first-order valence-electron chi connectivity index (χ1n) is 4.62. The van der Waals surface area contributed by atoms with Gasteiger partial charge in [0.25, 0.3) is 0 Å². The van der Waals surface area contributed by atoms with Crippen LogP contribution in [0.15, 0.2) is 0 Å². The lowest BCUT2D eigenvalue weighted by Gasteiger charge is -2.12. The highest BCUT2D eigenvalue weighted by Gasteiger charge is 2.15. The maximum Gasteiger partial charge on any atom is 0.211 e. The van der Waals surface area contributed by atoms with E-state index in [1.807, 2.05) is 0 Å². The quantitative estimate of drug-likeness (QED) is 0.642. The summed E-state index contributed by atoms with van der Waals surface area (Å²) in [5, 5.41) is 9.16. The number of hydrogen-bond donors (Lipinski definition) is 2. The molecule has 0 saturated heterocycles. The fourth-order valence-corrected chi connectivity index (χ4v) is 2.52. The number of aliphatic hydroxyl groups is 1. The fourth-order valence-electron chi connectivity index (χ4n) is 0.846. The van der Waals surface area contributed by atoms with Gasteiger partial charge in [-0.15, -0.1) is 11.6 Å². The first-order valence-corrected chi connectivity index (χ1v) is 6.81. The molecule has 0 bridgehead atoms. The zero-order valence-corrected chi connectivity index (χ0v) is 10.1. The Morgan fingerprint density at radius 1 is 1.50 bits per heavy atom. The summed E-state index contributed by atoms with van der Waals surface area (Å²) in [5.74, 6) is 0.248. The zero-order chi connectivity index (χ0) is 11.2. The second kappa shape index (κ2) is 6.61. The Kier molecular flexibility index (Phi) is 6.68. The van der Waals surface area contributed by atoms with Gasteiger partial charge in [0, 0.05) is 12.4 Å². The lowest BCUT2D eigenvalue weighted by atomic mass is 10.3. The second-order valence-corrected chi connectivity index (χ2v) is 5.61. The normalized spacial score (nSPS) is 16.6. The van der Waals surface area contributed by atoms with Crippen LogP contribution in [0.3, 0.4) is 0 Å². The van der Waals surface area contributed by atoms with Crippen molar-refractivity contribution in [2.24, 2.45) is 5.92 Å². The second-order valence-electron chi connectivity index (χ2n) is 3.45. The highest BCUT2D eigenvalue weighted by molar-refractivity contribution is 7.89. The monoisotopic (exact) mass is 243 g/mol. The Morgan fingerprint density at radius 3 is 2.50 bits per heavy atom. The lowest BCUT2D eigenvalue weighted by Crippen LogP contribution is -2.35. The Labute approximate surface area is 90.7 Å². The Morgan fingerprint density at radius 2 is 2.07 bits per heavy atom. The summed E-state index contributed by atoms with van der Waals surface area (Å²) in [6.07, 6.45) is -0.0794. The van der Waals surface area contributed by atoms with Crippen molar-refractivity contribution in [3.8, 4) is 0 Å². The molecule has 0 amide bonds. The number of halogens is 1. The third-order valence-corrected chi connectivity index (χ3v) is 3.92. The molecular weight excluding hydrogens is 226 g/mol. The van der Waals surface area contributed by atoms with Gasteiger partial charge in [-0.3, -0.25) is 0 Å². The van der Waals surface area contributed by atoms with E-state index in [9.17, 15) is 8.42 Å². The largest absolute Gasteiger partial charge is 0.392 e. The van der Waals surface area contributed by atoms with Crippen molar-refractivity contribution in [1.29, 1.82) is 0 Å². The molecule has 0 aliphatic rings. The number of sulfonamides is 1. The molecule has 0 aromatic carbocycles. The Bertz CT molecular complexity index is 243. The molecule has 0 aliphatic carbocycles. The van der Waals surface area contributed by atoms with Crippen LogP contribution in [0, 0.1) is 5.92 Å². The molecule has 0 fully saturated rings. The van der Waals surface area contributed by atoms with Crippen molar-refractivity contribution in [2.45, 2.75) is 26.4 Å². The van der Waals surface area contributed by atoms with E-state index in [2.05, 4.69) is 4.72 Å². The fraction of sp³-hybridized carbons (Fsp3) is 1.00. The van der Waals surface area contributed by atoms with Gasteiger partial charge < -0.3 is 5.11 Å². The molecule has 0 aromatic rings. The number of alkyl halides is 1. The molecule has 0 rings (SSSR count). The van der Waals surface area contributed by atoms with E-state index < -0.39 is 16.1 Å². The first kappa shape index (κ1) is 14.2. The molecule has 0 heterocycles. The molecule has 2 N–H and O–H groups in total. The van der Waals surface area contributed by atoms with Crippen LogP contribution in [0.25, 0.3) is 0 Å². The van der Waals surface area contributed by atoms with Gasteiger partial charge in [-0.05, 0) is 12.3 Å². The van der Waals surface area contributed by atoms with Gasteiger partial charge in [-0.2, -0.15) is 0 Å². The van der Waals surface area contributed by atoms with Gasteiger partial charge in [0.2, 0.25) is 10.0 Å². The van der Waals surface area contributed by atoms with Gasteiger partial charge >= 0.3 is 0 Å². The molecule has 0 aromatic heterocycles. The van der Waals surface area contributed by atoms with Crippen LogP contribution in [-0.2, 0) is 10.0 Å². The molecule has 2 unspecified atom stereocenters. The van der Waals surface area contributed by atoms with Gasteiger partial charge in [0.05, 0.1) is 11.9 Å². The number of rotatable bonds is 7. The topological polar surface area (TPSA) is 66.4 Å². The molecule has 0 saturated carbocycles. The van der Waals surface area contributed by atoms with E-state index in [0.29, 0.717) is 12.3 Å². The van der Waals surface area contributed by atoms with E-state index >= 15 is 0 Å². The summed E-state index contributed by atoms with van der Waals surface area (Å²) >= 11 is 5.51. The van der Waals surface area contributed by atoms with Crippen LogP contribution in [0.2, 0.25) is 0 Å². The zero-order valence-electron chi connectivity index (χ0n) is 8.53. The van der Waals surface area contributed by atoms with Crippen molar-refractivity contribution in [3.63, 3.8) is 0 Å². The molecule has 0 radical (unpaired) electrons. The van der Waals surface area contributed by atoms with E-state index in [0.717, 1.165) is 0 Å². The van der Waals surface area contributed by atoms with Crippen molar-refractivity contribution < 1.29 is 13.5 Å². The summed E-state index contributed by atoms with van der Waals surface area (Å²) in [7, 11) is -3.29. The Hall–Kier alpha value is 0.160. The third-order valence-electron chi connectivity index (χ3n) is 1.78. The number of hydrogen-bond acceptors (Lipinski definition) is 3. The van der Waals surface area contributed by atoms with Crippen molar-refractivity contribution >= 4 is 21.6 Å². The maximum absolute atomic E-state index is 11.3. The minimum absolute atomic E-state index is 0.00688. The molecule has 2 atom stereocenters. The van der Waals surface area contributed by atoms with Crippen LogP contribution < -0.4 is 4.72 Å². The first-order chi connectivity index (χ1) is 6.41. The molecule has 14 heavy (non-hydrogen) atoms. The molecule has 86 valence electrons. The number of aliphatic hydroxyl groups excluding tert-OH is 1. The summed E-state index contributed by atoms with van der Waals surface area (Å²) < 4.78 is 25.0. The number of nitrogens with one attached hydrogen (secondary N) is 1. The van der Waals surface area contributed by atoms with E-state index in [1.165, 1.54) is 0 Å². The molecule has 0 spiro atoms. The average molecular weight is 244 g/mol. The SMILES string of the molecule is CCC(O)CNS(=O)(=O)CC(C)CCl. The van der Waals surface area contributed by atoms with Crippen LogP contribution in [-0.4, -0.2) is 37.8 Å².